The molecule has 0 spiro atoms. The highest BCUT2D eigenvalue weighted by Gasteiger charge is 2.59. The lowest BCUT2D eigenvalue weighted by molar-refractivity contribution is 0.0697. The molecule has 2 aromatic carbocycles. The number of hydrogen-bond donors (Lipinski definition) is 2. The summed E-state index contributed by atoms with van der Waals surface area (Å²) in [4.78, 5) is 10.9. The van der Waals surface area contributed by atoms with Crippen molar-refractivity contribution >= 4 is 40.3 Å². The predicted molar refractivity (Wildman–Crippen MR) is 99.7 cm³/mol. The summed E-state index contributed by atoms with van der Waals surface area (Å²) < 4.78 is 0. The molecule has 1 saturated heterocycles. The lowest BCUT2D eigenvalue weighted by Crippen LogP contribution is -2.15. The molecule has 2 aromatic rings. The van der Waals surface area contributed by atoms with Crippen molar-refractivity contribution in [2.24, 2.45) is 0 Å². The normalized spacial score (nSPS) is 24.9. The zero-order valence-corrected chi connectivity index (χ0v) is 13.6. The second-order valence-electron chi connectivity index (χ2n) is 6.39. The van der Waals surface area contributed by atoms with Crippen LogP contribution in [0.2, 0.25) is 5.21 Å². The third kappa shape index (κ3) is 2.97. The Bertz CT molecular complexity index is 748. The molecule has 6 heteroatoms. The molecule has 0 saturated carbocycles. The minimum absolute atomic E-state index is 0.264. The van der Waals surface area contributed by atoms with Gasteiger partial charge in [-0.1, -0.05) is 47.9 Å². The molecule has 0 amide bonds. The van der Waals surface area contributed by atoms with Gasteiger partial charge in [-0.05, 0) is 36.4 Å². The van der Waals surface area contributed by atoms with Crippen molar-refractivity contribution in [3.8, 4) is 0 Å². The third-order valence-corrected chi connectivity index (χ3v) is 4.62. The van der Waals surface area contributed by atoms with Gasteiger partial charge in [0, 0.05) is 11.4 Å². The number of nitrogens with one attached hydrogen (secondary N) is 1. The van der Waals surface area contributed by atoms with Crippen LogP contribution in [0.5, 0.6) is 0 Å². The Balaban J connectivity index is 1.70. The number of rotatable bonds is 6. The van der Waals surface area contributed by atoms with Crippen LogP contribution in [0.15, 0.2) is 48.5 Å². The van der Waals surface area contributed by atoms with Crippen molar-refractivity contribution in [2.45, 2.75) is 30.2 Å². The summed E-state index contributed by atoms with van der Waals surface area (Å²) in [7, 11) is 14.8. The van der Waals surface area contributed by atoms with E-state index in [4.69, 9.17) is 20.8 Å². The Morgan fingerprint density at radius 1 is 1.08 bits per heavy atom. The van der Waals surface area contributed by atoms with Gasteiger partial charge in [-0.15, -0.1) is 0 Å². The van der Waals surface area contributed by atoms with E-state index in [2.05, 4.69) is 12.2 Å². The molecule has 3 rings (SSSR count). The molecule has 2 N–H and O–H groups in total. The van der Waals surface area contributed by atoms with Gasteiger partial charge in [0.25, 0.3) is 0 Å². The lowest BCUT2D eigenvalue weighted by atomic mass is 9.62. The van der Waals surface area contributed by atoms with Crippen LogP contribution in [0, 0.1) is 0 Å². The maximum Gasteiger partial charge on any atom is 0.335 e. The summed E-state index contributed by atoms with van der Waals surface area (Å²) in [6.45, 7) is 2.10. The fraction of sp³-hybridized carbons (Fsp3) is 0.278. The van der Waals surface area contributed by atoms with E-state index >= 15 is 0 Å². The van der Waals surface area contributed by atoms with Gasteiger partial charge in [-0.3, -0.25) is 0 Å². The van der Waals surface area contributed by atoms with Crippen LogP contribution in [-0.2, 0) is 5.21 Å². The van der Waals surface area contributed by atoms with E-state index in [-0.39, 0.29) is 5.56 Å². The molecule has 2 unspecified atom stereocenters. The summed E-state index contributed by atoms with van der Waals surface area (Å²) in [5, 5.41) is 11.2. The second kappa shape index (κ2) is 6.08. The number of benzene rings is 2. The number of anilines is 2. The molecule has 2 atom stereocenters. The average Bonchev–Trinajstić information content (AvgIpc) is 3.11. The Hall–Kier alpha value is -2.10. The number of carboxylic acids is 1. The second-order valence-corrected chi connectivity index (χ2v) is 6.39. The van der Waals surface area contributed by atoms with Crippen molar-refractivity contribution in [1.29, 1.82) is 0 Å². The average molecular weight is 312 g/mol. The van der Waals surface area contributed by atoms with Gasteiger partial charge in [0.1, 0.15) is 7.28 Å². The summed E-state index contributed by atoms with van der Waals surface area (Å²) in [5.74, 6) is -0.933. The Kier molecular flexibility index (Phi) is 4.24. The molecule has 0 bridgehead atoms. The van der Waals surface area contributed by atoms with Crippen LogP contribution < -0.4 is 5.32 Å². The minimum atomic E-state index is -0.933. The van der Waals surface area contributed by atoms with E-state index < -0.39 is 16.4 Å². The van der Waals surface area contributed by atoms with Gasteiger partial charge in [0.05, 0.1) is 21.3 Å². The first kappa shape index (κ1) is 16.8. The minimum Gasteiger partial charge on any atom is -0.478 e. The van der Waals surface area contributed by atoms with E-state index in [1.54, 1.807) is 24.3 Å². The maximum absolute atomic E-state index is 10.9. The Morgan fingerprint density at radius 3 is 2.12 bits per heavy atom. The van der Waals surface area contributed by atoms with Gasteiger partial charge < -0.3 is 10.4 Å². The van der Waals surface area contributed by atoms with Crippen LogP contribution >= 0.6 is 0 Å². The highest BCUT2D eigenvalue weighted by atomic mass is 16.4. The predicted octanol–water partition coefficient (Wildman–Crippen LogP) is 3.25. The third-order valence-electron chi connectivity index (χ3n) is 4.62. The molecule has 1 aliphatic rings. The molecule has 1 fully saturated rings. The summed E-state index contributed by atoms with van der Waals surface area (Å²) in [6.07, 6.45) is 1.87. The quantitative estimate of drug-likeness (QED) is 0.805. The van der Waals surface area contributed by atoms with Crippen molar-refractivity contribution in [3.05, 3.63) is 59.7 Å². The zero-order chi connectivity index (χ0) is 17.4. The number of hydrogen-bond acceptors (Lipinski definition) is 2. The lowest BCUT2D eigenvalue weighted by Gasteiger charge is -2.22. The number of aromatic carboxylic acids is 1. The molecule has 5 radical (unpaired) electrons. The highest BCUT2D eigenvalue weighted by molar-refractivity contribution is 6.80. The topological polar surface area (TPSA) is 49.3 Å². The molecular weight excluding hydrogens is 295 g/mol. The van der Waals surface area contributed by atoms with Crippen molar-refractivity contribution in [3.63, 3.8) is 0 Å². The zero-order valence-electron chi connectivity index (χ0n) is 13.6. The van der Waals surface area contributed by atoms with Crippen LogP contribution in [0.4, 0.5) is 11.4 Å². The van der Waals surface area contributed by atoms with Crippen LogP contribution in [-0.4, -0.2) is 34.0 Å². The Morgan fingerprint density at radius 2 is 1.62 bits per heavy atom. The van der Waals surface area contributed by atoms with Crippen LogP contribution in [0.1, 0.15) is 35.7 Å². The number of carboxylic acid groups (broad SMARTS) is 1. The molecule has 0 aliphatic carbocycles. The standard InChI is InChI=1S/C18H17B3NO2/c1-2-11-17(19)18(20,21-17)13-5-9-15(10-6-13)22-14-7-3-12(4-8-14)16(23)24/h3-10,22H,2,11H2,1H3,(H,23,24). The fourth-order valence-electron chi connectivity index (χ4n) is 3.11. The smallest absolute Gasteiger partial charge is 0.335 e. The van der Waals surface area contributed by atoms with Gasteiger partial charge >= 0.3 is 5.97 Å². The molecule has 3 nitrogen and oxygen atoms in total. The van der Waals surface area contributed by atoms with Crippen LogP contribution in [0.3, 0.4) is 0 Å². The molecule has 1 aliphatic heterocycles. The molecule has 1 heterocycles. The van der Waals surface area contributed by atoms with E-state index in [0.29, 0.717) is 0 Å². The summed E-state index contributed by atoms with van der Waals surface area (Å²) >= 11 is 0. The van der Waals surface area contributed by atoms with Gasteiger partial charge in [0.15, 0.2) is 0 Å². The first-order valence-electron chi connectivity index (χ1n) is 8.04. The molecule has 0 aromatic heterocycles. The van der Waals surface area contributed by atoms with Crippen molar-refractivity contribution in [2.75, 3.05) is 5.32 Å². The SMILES string of the molecule is [B]C1(CCC)[B]C1([B])c1ccc(Nc2ccc(C(=O)O)cc2)cc1. The first-order valence-corrected chi connectivity index (χ1v) is 8.04. The highest BCUT2D eigenvalue weighted by Crippen LogP contribution is 2.61. The van der Waals surface area contributed by atoms with Crippen molar-refractivity contribution < 1.29 is 9.90 Å². The fourth-order valence-corrected chi connectivity index (χ4v) is 3.11. The summed E-state index contributed by atoms with van der Waals surface area (Å²) in [6, 6.07) is 14.5. The molecular formula is C18H17B3NO2. The van der Waals surface area contributed by atoms with Crippen LogP contribution in [0.25, 0.3) is 0 Å². The number of carbonyl (C=O) groups is 1. The first-order chi connectivity index (χ1) is 11.4. The van der Waals surface area contributed by atoms with Crippen molar-refractivity contribution in [1.82, 2.24) is 0 Å². The van der Waals surface area contributed by atoms with E-state index in [1.165, 1.54) is 0 Å². The van der Waals surface area contributed by atoms with E-state index in [1.807, 2.05) is 31.5 Å². The van der Waals surface area contributed by atoms with Gasteiger partial charge in [-0.25, -0.2) is 4.79 Å². The summed E-state index contributed by atoms with van der Waals surface area (Å²) in [5.41, 5.74) is 3.00. The molecule has 115 valence electrons. The molecule has 24 heavy (non-hydrogen) atoms. The largest absolute Gasteiger partial charge is 0.478 e. The van der Waals surface area contributed by atoms with E-state index in [0.717, 1.165) is 29.8 Å². The van der Waals surface area contributed by atoms with Gasteiger partial charge in [0.2, 0.25) is 0 Å². The van der Waals surface area contributed by atoms with Gasteiger partial charge in [-0.2, -0.15) is 0 Å². The monoisotopic (exact) mass is 312 g/mol. The maximum atomic E-state index is 10.9. The Labute approximate surface area is 145 Å². The van der Waals surface area contributed by atoms with E-state index in [9.17, 15) is 4.79 Å².